The number of amides is 1. The Bertz CT molecular complexity index is 489. The van der Waals surface area contributed by atoms with Gasteiger partial charge in [0.1, 0.15) is 6.54 Å². The molecule has 0 bridgehead atoms. The second kappa shape index (κ2) is 5.41. The highest BCUT2D eigenvalue weighted by Crippen LogP contribution is 2.27. The molecule has 6 nitrogen and oxygen atoms in total. The number of halogens is 3. The quantitative estimate of drug-likeness (QED) is 0.726. The molecule has 1 aliphatic rings. The van der Waals surface area contributed by atoms with Crippen LogP contribution in [0.3, 0.4) is 0 Å². The molecule has 0 unspecified atom stereocenters. The summed E-state index contributed by atoms with van der Waals surface area (Å²) in [5, 5.41) is 24.6. The predicted octanol–water partition coefficient (Wildman–Crippen LogP) is -0.0977. The lowest BCUT2D eigenvalue weighted by molar-refractivity contribution is -0.141. The van der Waals surface area contributed by atoms with Crippen molar-refractivity contribution in [2.45, 2.75) is 43.8 Å². The molecular weight excluding hydrogens is 279 g/mol. The van der Waals surface area contributed by atoms with Gasteiger partial charge in [-0.2, -0.15) is 18.3 Å². The fourth-order valence-electron chi connectivity index (χ4n) is 2.12. The molecule has 0 radical (unpaired) electrons. The molecule has 20 heavy (non-hydrogen) atoms. The van der Waals surface area contributed by atoms with Gasteiger partial charge in [0.25, 0.3) is 0 Å². The number of rotatable bonds is 3. The molecule has 112 valence electrons. The Hall–Kier alpha value is -1.61. The third kappa shape index (κ3) is 3.28. The first-order valence-electron chi connectivity index (χ1n) is 6.03. The lowest BCUT2D eigenvalue weighted by Crippen LogP contribution is -2.44. The van der Waals surface area contributed by atoms with Gasteiger partial charge in [0.15, 0.2) is 5.69 Å². The number of aliphatic hydroxyl groups excluding tert-OH is 2. The van der Waals surface area contributed by atoms with Crippen LogP contribution < -0.4 is 5.32 Å². The molecule has 1 fully saturated rings. The lowest BCUT2D eigenvalue weighted by atomic mass is 10.2. The average molecular weight is 293 g/mol. The summed E-state index contributed by atoms with van der Waals surface area (Å²) in [4.78, 5) is 11.6. The largest absolute Gasteiger partial charge is 0.435 e. The topological polar surface area (TPSA) is 87.4 Å². The maximum Gasteiger partial charge on any atom is 0.435 e. The van der Waals surface area contributed by atoms with Gasteiger partial charge in [0.2, 0.25) is 5.91 Å². The number of nitrogens with one attached hydrogen (secondary N) is 1. The summed E-state index contributed by atoms with van der Waals surface area (Å²) in [5.41, 5.74) is -1.07. The van der Waals surface area contributed by atoms with Crippen LogP contribution in [0.25, 0.3) is 0 Å². The zero-order chi connectivity index (χ0) is 14.9. The third-order valence-electron chi connectivity index (χ3n) is 3.16. The molecule has 3 atom stereocenters. The summed E-state index contributed by atoms with van der Waals surface area (Å²) >= 11 is 0. The second-order valence-electron chi connectivity index (χ2n) is 4.71. The number of carbonyl (C=O) groups is 1. The standard InChI is InChI=1S/C11H14F3N3O3/c12-11(13,14)8-3-4-17(16-8)5-9(19)15-6-1-2-7(18)10(6)20/h3-4,6-7,10,18,20H,1-2,5H2,(H,15,19)/t6-,7-,10-/m1/s1. The molecule has 0 aromatic carbocycles. The SMILES string of the molecule is O=C(Cn1ccc(C(F)(F)F)n1)N[C@@H]1CC[C@@H](O)[C@@H]1O. The first-order chi connectivity index (χ1) is 9.27. The van der Waals surface area contributed by atoms with E-state index in [-0.39, 0.29) is 6.54 Å². The van der Waals surface area contributed by atoms with Crippen LogP contribution in [0, 0.1) is 0 Å². The van der Waals surface area contributed by atoms with Crippen molar-refractivity contribution < 1.29 is 28.2 Å². The van der Waals surface area contributed by atoms with Crippen LogP contribution >= 0.6 is 0 Å². The van der Waals surface area contributed by atoms with Crippen LogP contribution in [-0.4, -0.2) is 44.2 Å². The molecule has 1 amide bonds. The number of carbonyl (C=O) groups excluding carboxylic acids is 1. The Balaban J connectivity index is 1.90. The van der Waals surface area contributed by atoms with E-state index in [0.29, 0.717) is 12.8 Å². The Labute approximate surface area is 112 Å². The van der Waals surface area contributed by atoms with Crippen LogP contribution in [0.1, 0.15) is 18.5 Å². The number of nitrogens with zero attached hydrogens (tertiary/aromatic N) is 2. The minimum atomic E-state index is -4.55. The molecule has 0 spiro atoms. The molecule has 9 heteroatoms. The maximum atomic E-state index is 12.3. The van der Waals surface area contributed by atoms with Crippen LogP contribution in [0.4, 0.5) is 13.2 Å². The van der Waals surface area contributed by atoms with Gasteiger partial charge >= 0.3 is 6.18 Å². The van der Waals surface area contributed by atoms with Crippen molar-refractivity contribution in [1.82, 2.24) is 15.1 Å². The van der Waals surface area contributed by atoms with E-state index in [9.17, 15) is 28.2 Å². The van der Waals surface area contributed by atoms with E-state index in [4.69, 9.17) is 0 Å². The fraction of sp³-hybridized carbons (Fsp3) is 0.636. The van der Waals surface area contributed by atoms with Gasteiger partial charge < -0.3 is 15.5 Å². The average Bonchev–Trinajstić information content (AvgIpc) is 2.91. The molecule has 1 saturated carbocycles. The molecule has 0 aliphatic heterocycles. The molecular formula is C11H14F3N3O3. The highest BCUT2D eigenvalue weighted by molar-refractivity contribution is 5.76. The van der Waals surface area contributed by atoms with Crippen LogP contribution in [0.2, 0.25) is 0 Å². The molecule has 2 rings (SSSR count). The third-order valence-corrected chi connectivity index (χ3v) is 3.16. The molecule has 1 aliphatic carbocycles. The van der Waals surface area contributed by atoms with E-state index in [2.05, 4.69) is 10.4 Å². The van der Waals surface area contributed by atoms with Gasteiger partial charge in [-0.25, -0.2) is 0 Å². The Kier molecular flexibility index (Phi) is 4.00. The molecule has 1 heterocycles. The van der Waals surface area contributed by atoms with Crippen molar-refractivity contribution in [1.29, 1.82) is 0 Å². The van der Waals surface area contributed by atoms with E-state index in [1.165, 1.54) is 0 Å². The van der Waals surface area contributed by atoms with Crippen molar-refractivity contribution in [3.63, 3.8) is 0 Å². The van der Waals surface area contributed by atoms with Crippen LogP contribution in [0.15, 0.2) is 12.3 Å². The van der Waals surface area contributed by atoms with E-state index >= 15 is 0 Å². The van der Waals surface area contributed by atoms with Crippen molar-refractivity contribution in [2.75, 3.05) is 0 Å². The molecule has 3 N–H and O–H groups in total. The van der Waals surface area contributed by atoms with Gasteiger partial charge in [-0.05, 0) is 18.9 Å². The van der Waals surface area contributed by atoms with Gasteiger partial charge in [-0.1, -0.05) is 0 Å². The fourth-order valence-corrected chi connectivity index (χ4v) is 2.12. The lowest BCUT2D eigenvalue weighted by Gasteiger charge is -2.17. The van der Waals surface area contributed by atoms with Gasteiger partial charge in [0.05, 0.1) is 18.2 Å². The van der Waals surface area contributed by atoms with Gasteiger partial charge in [-0.15, -0.1) is 0 Å². The van der Waals surface area contributed by atoms with Crippen LogP contribution in [-0.2, 0) is 17.5 Å². The summed E-state index contributed by atoms with van der Waals surface area (Å²) in [6.45, 7) is -0.380. The van der Waals surface area contributed by atoms with E-state index < -0.39 is 36.0 Å². The van der Waals surface area contributed by atoms with Crippen molar-refractivity contribution >= 4 is 5.91 Å². The monoisotopic (exact) mass is 293 g/mol. The van der Waals surface area contributed by atoms with Crippen molar-refractivity contribution in [2.24, 2.45) is 0 Å². The summed E-state index contributed by atoms with van der Waals surface area (Å²) in [6, 6.07) is 0.191. The number of alkyl halides is 3. The Morgan fingerprint density at radius 2 is 2.15 bits per heavy atom. The molecule has 1 aromatic heterocycles. The summed E-state index contributed by atoms with van der Waals surface area (Å²) in [5.74, 6) is -0.569. The maximum absolute atomic E-state index is 12.3. The first kappa shape index (κ1) is 14.8. The van der Waals surface area contributed by atoms with E-state index in [1.54, 1.807) is 0 Å². The number of hydrogen-bond acceptors (Lipinski definition) is 4. The Morgan fingerprint density at radius 3 is 2.65 bits per heavy atom. The van der Waals surface area contributed by atoms with Gasteiger partial charge in [0, 0.05) is 6.20 Å². The summed E-state index contributed by atoms with van der Waals surface area (Å²) in [6.07, 6.45) is -4.65. The summed E-state index contributed by atoms with van der Waals surface area (Å²) in [7, 11) is 0. The highest BCUT2D eigenvalue weighted by Gasteiger charge is 2.35. The number of aromatic nitrogens is 2. The molecule has 0 saturated heterocycles. The van der Waals surface area contributed by atoms with Crippen molar-refractivity contribution in [3.05, 3.63) is 18.0 Å². The first-order valence-corrected chi connectivity index (χ1v) is 6.03. The molecule has 1 aromatic rings. The van der Waals surface area contributed by atoms with Gasteiger partial charge in [-0.3, -0.25) is 9.48 Å². The van der Waals surface area contributed by atoms with E-state index in [1.807, 2.05) is 0 Å². The minimum absolute atomic E-state index is 0.367. The second-order valence-corrected chi connectivity index (χ2v) is 4.71. The van der Waals surface area contributed by atoms with Crippen LogP contribution in [0.5, 0.6) is 0 Å². The zero-order valence-corrected chi connectivity index (χ0v) is 10.3. The van der Waals surface area contributed by atoms with Crippen molar-refractivity contribution in [3.8, 4) is 0 Å². The highest BCUT2D eigenvalue weighted by atomic mass is 19.4. The number of hydrogen-bond donors (Lipinski definition) is 3. The minimum Gasteiger partial charge on any atom is -0.390 e. The van der Waals surface area contributed by atoms with E-state index in [0.717, 1.165) is 16.9 Å². The predicted molar refractivity (Wildman–Crippen MR) is 60.4 cm³/mol. The smallest absolute Gasteiger partial charge is 0.390 e. The zero-order valence-electron chi connectivity index (χ0n) is 10.3. The number of aliphatic hydroxyl groups is 2. The normalized spacial score (nSPS) is 26.8. The Morgan fingerprint density at radius 1 is 1.45 bits per heavy atom. The summed E-state index contributed by atoms with van der Waals surface area (Å²) < 4.78 is 37.8.